The molecule has 0 N–H and O–H groups in total. The molecule has 1 unspecified atom stereocenters. The van der Waals surface area contributed by atoms with Gasteiger partial charge in [0.1, 0.15) is 0 Å². The normalized spacial score (nSPS) is 20.2. The van der Waals surface area contributed by atoms with Crippen molar-refractivity contribution >= 4 is 11.6 Å². The minimum atomic E-state index is 0.255. The Morgan fingerprint density at radius 1 is 1.28 bits per heavy atom. The van der Waals surface area contributed by atoms with Gasteiger partial charge in [0.25, 0.3) is 0 Å². The van der Waals surface area contributed by atoms with E-state index in [0.29, 0.717) is 12.5 Å². The second-order valence-electron chi connectivity index (χ2n) is 7.25. The van der Waals surface area contributed by atoms with Gasteiger partial charge in [0, 0.05) is 37.4 Å². The minimum absolute atomic E-state index is 0.255. The van der Waals surface area contributed by atoms with Crippen molar-refractivity contribution < 1.29 is 4.79 Å². The molecule has 2 aliphatic rings. The van der Waals surface area contributed by atoms with Gasteiger partial charge in [0.15, 0.2) is 0 Å². The molecule has 0 saturated carbocycles. The quantitative estimate of drug-likeness (QED) is 0.841. The van der Waals surface area contributed by atoms with Crippen LogP contribution < -0.4 is 4.90 Å². The van der Waals surface area contributed by atoms with Gasteiger partial charge in [-0.25, -0.2) is 0 Å². The van der Waals surface area contributed by atoms with Gasteiger partial charge >= 0.3 is 0 Å². The van der Waals surface area contributed by atoms with Crippen LogP contribution in [0.1, 0.15) is 30.4 Å². The van der Waals surface area contributed by atoms with Crippen LogP contribution in [0.4, 0.5) is 5.69 Å². The molecular weight excluding hydrogens is 312 g/mol. The molecule has 1 amide bonds. The summed E-state index contributed by atoms with van der Waals surface area (Å²) in [6.45, 7) is 5.77. The molecule has 2 aromatic rings. The highest BCUT2D eigenvalue weighted by molar-refractivity contribution is 5.95. The van der Waals surface area contributed by atoms with Gasteiger partial charge in [0.2, 0.25) is 5.91 Å². The van der Waals surface area contributed by atoms with Crippen LogP contribution in [-0.2, 0) is 17.8 Å². The third-order valence-corrected chi connectivity index (χ3v) is 5.46. The molecule has 1 atom stereocenters. The molecule has 0 spiro atoms. The maximum absolute atomic E-state index is 12.7. The molecule has 1 saturated heterocycles. The Hall–Kier alpha value is -2.14. The van der Waals surface area contributed by atoms with E-state index in [-0.39, 0.29) is 5.91 Å². The van der Waals surface area contributed by atoms with Crippen LogP contribution in [0.25, 0.3) is 0 Å². The fraction of sp³-hybridized carbons (Fsp3) is 0.500. The van der Waals surface area contributed by atoms with E-state index in [9.17, 15) is 4.79 Å². The summed E-state index contributed by atoms with van der Waals surface area (Å²) in [6, 6.07) is 8.77. The highest BCUT2D eigenvalue weighted by Gasteiger charge is 2.28. The van der Waals surface area contributed by atoms with Gasteiger partial charge in [-0.3, -0.25) is 14.4 Å². The Morgan fingerprint density at radius 3 is 3.00 bits per heavy atom. The zero-order valence-corrected chi connectivity index (χ0v) is 14.9. The van der Waals surface area contributed by atoms with E-state index in [0.717, 1.165) is 38.3 Å². The van der Waals surface area contributed by atoms with Crippen LogP contribution in [-0.4, -0.2) is 46.3 Å². The summed E-state index contributed by atoms with van der Waals surface area (Å²) in [5.74, 6) is 0.255. The van der Waals surface area contributed by atoms with E-state index < -0.39 is 0 Å². The maximum Gasteiger partial charge on any atom is 0.228 e. The number of hydrogen-bond donors (Lipinski definition) is 0. The minimum Gasteiger partial charge on any atom is -0.312 e. The van der Waals surface area contributed by atoms with Crippen LogP contribution in [0.2, 0.25) is 0 Å². The van der Waals surface area contributed by atoms with Crippen molar-refractivity contribution in [3.05, 3.63) is 47.8 Å². The molecule has 25 heavy (non-hydrogen) atoms. The molecule has 5 heteroatoms. The fourth-order valence-corrected chi connectivity index (χ4v) is 4.15. The van der Waals surface area contributed by atoms with Gasteiger partial charge in [-0.2, -0.15) is 5.10 Å². The van der Waals surface area contributed by atoms with Gasteiger partial charge in [0.05, 0.1) is 12.7 Å². The van der Waals surface area contributed by atoms with Crippen molar-refractivity contribution in [3.8, 4) is 0 Å². The monoisotopic (exact) mass is 338 g/mol. The first-order valence-electron chi connectivity index (χ1n) is 9.32. The topological polar surface area (TPSA) is 41.4 Å². The molecule has 4 rings (SSSR count). The first kappa shape index (κ1) is 16.3. The Kier molecular flexibility index (Phi) is 4.57. The molecule has 1 aromatic carbocycles. The number of rotatable bonds is 5. The van der Waals surface area contributed by atoms with Crippen LogP contribution >= 0.6 is 0 Å². The van der Waals surface area contributed by atoms with Crippen molar-refractivity contribution in [1.82, 2.24) is 14.7 Å². The number of para-hydroxylation sites is 1. The number of carbonyl (C=O) groups is 1. The number of nitrogens with zero attached hydrogens (tertiary/aromatic N) is 4. The van der Waals surface area contributed by atoms with Crippen LogP contribution in [0.5, 0.6) is 0 Å². The number of likely N-dealkylation sites (tertiary alicyclic amines) is 1. The summed E-state index contributed by atoms with van der Waals surface area (Å²) >= 11 is 0. The lowest BCUT2D eigenvalue weighted by molar-refractivity contribution is -0.118. The highest BCUT2D eigenvalue weighted by Crippen LogP contribution is 2.28. The largest absolute Gasteiger partial charge is 0.312 e. The summed E-state index contributed by atoms with van der Waals surface area (Å²) in [5.41, 5.74) is 3.61. The van der Waals surface area contributed by atoms with Gasteiger partial charge in [-0.05, 0) is 49.9 Å². The molecule has 0 aliphatic carbocycles. The van der Waals surface area contributed by atoms with Crippen molar-refractivity contribution in [2.75, 3.05) is 24.5 Å². The van der Waals surface area contributed by atoms with Gasteiger partial charge < -0.3 is 4.90 Å². The first-order chi connectivity index (χ1) is 12.2. The molecule has 1 aromatic heterocycles. The van der Waals surface area contributed by atoms with E-state index in [2.05, 4.69) is 41.3 Å². The van der Waals surface area contributed by atoms with E-state index >= 15 is 0 Å². The summed E-state index contributed by atoms with van der Waals surface area (Å²) in [6.07, 6.45) is 8.00. The number of aryl methyl sites for hydroxylation is 1. The Morgan fingerprint density at radius 2 is 2.16 bits per heavy atom. The smallest absolute Gasteiger partial charge is 0.228 e. The third kappa shape index (κ3) is 3.47. The predicted molar refractivity (Wildman–Crippen MR) is 98.7 cm³/mol. The molecular formula is C20H26N4O. The van der Waals surface area contributed by atoms with Crippen LogP contribution in [0.15, 0.2) is 36.7 Å². The number of fused-ring (bicyclic) bond motifs is 1. The SMILES string of the molecule is Cc1cnn(CC2CCCN2CCC(=O)N2CCc3ccccc32)c1. The molecule has 5 nitrogen and oxygen atoms in total. The molecule has 3 heterocycles. The van der Waals surface area contributed by atoms with Crippen molar-refractivity contribution in [1.29, 1.82) is 0 Å². The average Bonchev–Trinajstić information content (AvgIpc) is 3.33. The first-order valence-corrected chi connectivity index (χ1v) is 9.32. The van der Waals surface area contributed by atoms with Crippen molar-refractivity contribution in [3.63, 3.8) is 0 Å². The number of hydrogen-bond acceptors (Lipinski definition) is 3. The number of anilines is 1. The second kappa shape index (κ2) is 7.00. The zero-order valence-electron chi connectivity index (χ0n) is 14.9. The fourth-order valence-electron chi connectivity index (χ4n) is 4.15. The lowest BCUT2D eigenvalue weighted by Gasteiger charge is -2.25. The molecule has 1 fully saturated rings. The molecule has 132 valence electrons. The van der Waals surface area contributed by atoms with Crippen molar-refractivity contribution in [2.45, 2.75) is 45.2 Å². The van der Waals surface area contributed by atoms with Crippen LogP contribution in [0.3, 0.4) is 0 Å². The Labute approximate surface area is 149 Å². The maximum atomic E-state index is 12.7. The Balaban J connectivity index is 1.34. The summed E-state index contributed by atoms with van der Waals surface area (Å²) in [7, 11) is 0. The zero-order chi connectivity index (χ0) is 17.2. The van der Waals surface area contributed by atoms with Crippen LogP contribution in [0, 0.1) is 6.92 Å². The number of carbonyl (C=O) groups excluding carboxylic acids is 1. The number of benzene rings is 1. The van der Waals surface area contributed by atoms with E-state index in [4.69, 9.17) is 0 Å². The van der Waals surface area contributed by atoms with E-state index in [1.165, 1.54) is 24.0 Å². The van der Waals surface area contributed by atoms with Crippen molar-refractivity contribution in [2.24, 2.45) is 0 Å². The second-order valence-corrected chi connectivity index (χ2v) is 7.25. The standard InChI is InChI=1S/C20H26N4O/c1-16-13-21-23(14-16)15-18-6-4-10-22(18)11-9-20(25)24-12-8-17-5-2-3-7-19(17)24/h2-3,5,7,13-14,18H,4,6,8-12,15H2,1H3. The molecule has 0 radical (unpaired) electrons. The van der Waals surface area contributed by atoms with Gasteiger partial charge in [-0.1, -0.05) is 18.2 Å². The lowest BCUT2D eigenvalue weighted by Crippen LogP contribution is -2.37. The molecule has 2 aliphatic heterocycles. The predicted octanol–water partition coefficient (Wildman–Crippen LogP) is 2.64. The lowest BCUT2D eigenvalue weighted by atomic mass is 10.2. The van der Waals surface area contributed by atoms with Gasteiger partial charge in [-0.15, -0.1) is 0 Å². The van der Waals surface area contributed by atoms with E-state index in [1.807, 2.05) is 21.8 Å². The summed E-state index contributed by atoms with van der Waals surface area (Å²) in [4.78, 5) is 17.2. The number of aromatic nitrogens is 2. The Bertz CT molecular complexity index is 754. The number of amides is 1. The average molecular weight is 338 g/mol. The van der Waals surface area contributed by atoms with E-state index in [1.54, 1.807) is 0 Å². The highest BCUT2D eigenvalue weighted by atomic mass is 16.2. The summed E-state index contributed by atoms with van der Waals surface area (Å²) < 4.78 is 2.04. The third-order valence-electron chi connectivity index (χ3n) is 5.46. The summed E-state index contributed by atoms with van der Waals surface area (Å²) in [5, 5.41) is 4.41. The molecule has 0 bridgehead atoms.